The quantitative estimate of drug-likeness (QED) is 0.695. The fourth-order valence-corrected chi connectivity index (χ4v) is 9.08. The van der Waals surface area contributed by atoms with Gasteiger partial charge in [0, 0.05) is 6.61 Å². The van der Waals surface area contributed by atoms with E-state index in [0.717, 1.165) is 49.0 Å². The third-order valence-electron chi connectivity index (χ3n) is 10.4. The number of rotatable bonds is 6. The maximum Gasteiger partial charge on any atom is 0.0883 e. The van der Waals surface area contributed by atoms with E-state index in [4.69, 9.17) is 4.74 Å². The number of hydrogen-bond acceptors (Lipinski definition) is 4. The SMILES string of the molecule is CCOC[C@@]1(O)CC[C@H]2[C@H](CC[C@H]3C4CC[C@H](C(C)Cn5nccn5)[C@@]4(C)CC[C@H]23)C1. The first-order valence-electron chi connectivity index (χ1n) is 13.1. The van der Waals surface area contributed by atoms with E-state index in [9.17, 15) is 5.11 Å². The van der Waals surface area contributed by atoms with Gasteiger partial charge in [-0.25, -0.2) is 0 Å². The van der Waals surface area contributed by atoms with Crippen molar-refractivity contribution in [3.8, 4) is 0 Å². The fraction of sp³-hybridized carbons (Fsp3) is 0.923. The van der Waals surface area contributed by atoms with Crippen molar-refractivity contribution in [2.75, 3.05) is 13.2 Å². The van der Waals surface area contributed by atoms with Crippen LogP contribution in [0, 0.1) is 46.8 Å². The van der Waals surface area contributed by atoms with Gasteiger partial charge in [-0.15, -0.1) is 0 Å². The molecule has 0 amide bonds. The Morgan fingerprint density at radius 2 is 1.81 bits per heavy atom. The topological polar surface area (TPSA) is 60.2 Å². The van der Waals surface area contributed by atoms with Crippen molar-refractivity contribution >= 4 is 0 Å². The number of aromatic nitrogens is 3. The zero-order chi connectivity index (χ0) is 21.6. The molecule has 0 aliphatic heterocycles. The molecule has 2 unspecified atom stereocenters. The number of nitrogens with zero attached hydrogens (tertiary/aromatic N) is 3. The summed E-state index contributed by atoms with van der Waals surface area (Å²) in [6.45, 7) is 9.29. The minimum absolute atomic E-state index is 0.491. The van der Waals surface area contributed by atoms with Crippen LogP contribution in [0.15, 0.2) is 12.4 Å². The van der Waals surface area contributed by atoms with Crippen molar-refractivity contribution in [1.82, 2.24) is 15.0 Å². The van der Waals surface area contributed by atoms with Crippen molar-refractivity contribution in [3.05, 3.63) is 12.4 Å². The molecule has 0 spiro atoms. The van der Waals surface area contributed by atoms with Gasteiger partial charge in [0.25, 0.3) is 0 Å². The highest BCUT2D eigenvalue weighted by Gasteiger charge is 2.58. The molecule has 31 heavy (non-hydrogen) atoms. The van der Waals surface area contributed by atoms with Crippen LogP contribution in [0.25, 0.3) is 0 Å². The molecule has 5 heteroatoms. The summed E-state index contributed by atoms with van der Waals surface area (Å²) in [5.41, 5.74) is -0.0768. The third kappa shape index (κ3) is 3.88. The fourth-order valence-electron chi connectivity index (χ4n) is 9.08. The van der Waals surface area contributed by atoms with Gasteiger partial charge in [-0.05, 0) is 112 Å². The van der Waals surface area contributed by atoms with E-state index in [1.54, 1.807) is 12.4 Å². The van der Waals surface area contributed by atoms with Crippen LogP contribution < -0.4 is 0 Å². The predicted molar refractivity (Wildman–Crippen MR) is 121 cm³/mol. The number of aliphatic hydroxyl groups is 1. The van der Waals surface area contributed by atoms with E-state index in [1.807, 2.05) is 11.7 Å². The van der Waals surface area contributed by atoms with E-state index < -0.39 is 5.60 Å². The molecule has 0 bridgehead atoms. The van der Waals surface area contributed by atoms with Gasteiger partial charge < -0.3 is 9.84 Å². The van der Waals surface area contributed by atoms with E-state index >= 15 is 0 Å². The van der Waals surface area contributed by atoms with E-state index in [2.05, 4.69) is 24.0 Å². The average molecular weight is 430 g/mol. The average Bonchev–Trinajstić information content (AvgIpc) is 3.39. The summed E-state index contributed by atoms with van der Waals surface area (Å²) >= 11 is 0. The first-order chi connectivity index (χ1) is 14.9. The first-order valence-corrected chi connectivity index (χ1v) is 13.1. The van der Waals surface area contributed by atoms with Gasteiger partial charge in [0.1, 0.15) is 0 Å². The second-order valence-corrected chi connectivity index (χ2v) is 11.8. The van der Waals surface area contributed by atoms with Crippen LogP contribution in [0.3, 0.4) is 0 Å². The first kappa shape index (κ1) is 21.9. The molecule has 4 aliphatic carbocycles. The summed E-state index contributed by atoms with van der Waals surface area (Å²) < 4.78 is 5.64. The van der Waals surface area contributed by atoms with Gasteiger partial charge in [-0.2, -0.15) is 15.0 Å². The lowest BCUT2D eigenvalue weighted by molar-refractivity contribution is -0.129. The molecule has 4 saturated carbocycles. The molecule has 5 rings (SSSR count). The highest BCUT2D eigenvalue weighted by atomic mass is 16.5. The molecular weight excluding hydrogens is 386 g/mol. The van der Waals surface area contributed by atoms with Crippen molar-refractivity contribution < 1.29 is 9.84 Å². The van der Waals surface area contributed by atoms with Crippen molar-refractivity contribution in [2.24, 2.45) is 46.8 Å². The summed E-state index contributed by atoms with van der Waals surface area (Å²) in [5, 5.41) is 19.8. The zero-order valence-corrected chi connectivity index (χ0v) is 19.9. The van der Waals surface area contributed by atoms with Crippen LogP contribution >= 0.6 is 0 Å². The molecule has 9 atom stereocenters. The third-order valence-corrected chi connectivity index (χ3v) is 10.4. The Hall–Kier alpha value is -0.940. The highest BCUT2D eigenvalue weighted by Crippen LogP contribution is 2.65. The maximum atomic E-state index is 11.1. The lowest BCUT2D eigenvalue weighted by Gasteiger charge is -2.57. The summed E-state index contributed by atoms with van der Waals surface area (Å²) in [4.78, 5) is 1.89. The van der Waals surface area contributed by atoms with Gasteiger partial charge in [-0.1, -0.05) is 13.8 Å². The molecule has 0 saturated heterocycles. The Morgan fingerprint density at radius 3 is 2.58 bits per heavy atom. The van der Waals surface area contributed by atoms with Crippen molar-refractivity contribution in [1.29, 1.82) is 0 Å². The molecule has 4 fully saturated rings. The molecule has 174 valence electrons. The lowest BCUT2D eigenvalue weighted by atomic mass is 9.48. The number of fused-ring (bicyclic) bond motifs is 5. The van der Waals surface area contributed by atoms with E-state index in [-0.39, 0.29) is 0 Å². The maximum absolute atomic E-state index is 11.1. The minimum Gasteiger partial charge on any atom is -0.387 e. The van der Waals surface area contributed by atoms with Gasteiger partial charge in [0.2, 0.25) is 0 Å². The Balaban J connectivity index is 1.26. The van der Waals surface area contributed by atoms with Crippen LogP contribution in [-0.4, -0.2) is 38.9 Å². The molecule has 1 aromatic rings. The smallest absolute Gasteiger partial charge is 0.0883 e. The lowest BCUT2D eigenvalue weighted by Crippen LogP contribution is -2.52. The zero-order valence-electron chi connectivity index (χ0n) is 19.9. The van der Waals surface area contributed by atoms with Gasteiger partial charge in [-0.3, -0.25) is 0 Å². The largest absolute Gasteiger partial charge is 0.387 e. The van der Waals surface area contributed by atoms with E-state index in [0.29, 0.717) is 30.5 Å². The minimum atomic E-state index is -0.568. The van der Waals surface area contributed by atoms with Crippen LogP contribution in [0.1, 0.15) is 78.6 Å². The molecule has 4 aliphatic rings. The van der Waals surface area contributed by atoms with Crippen LogP contribution in [-0.2, 0) is 11.3 Å². The van der Waals surface area contributed by atoms with Gasteiger partial charge in [0.15, 0.2) is 0 Å². The number of hydrogen-bond donors (Lipinski definition) is 1. The summed E-state index contributed by atoms with van der Waals surface area (Å²) in [6, 6.07) is 0. The van der Waals surface area contributed by atoms with Gasteiger partial charge >= 0.3 is 0 Å². The van der Waals surface area contributed by atoms with Gasteiger partial charge in [0.05, 0.1) is 31.1 Å². The summed E-state index contributed by atoms with van der Waals surface area (Å²) in [5.74, 6) is 5.70. The van der Waals surface area contributed by atoms with Crippen LogP contribution in [0.4, 0.5) is 0 Å². The molecule has 1 heterocycles. The Morgan fingerprint density at radius 1 is 1.03 bits per heavy atom. The summed E-state index contributed by atoms with van der Waals surface area (Å²) in [6.07, 6.45) is 15.0. The van der Waals surface area contributed by atoms with Crippen LogP contribution in [0.2, 0.25) is 0 Å². The predicted octanol–water partition coefficient (Wildman–Crippen LogP) is 4.95. The molecule has 1 N–H and O–H groups in total. The van der Waals surface area contributed by atoms with E-state index in [1.165, 1.54) is 44.9 Å². The standard InChI is InChI=1S/C26H43N3O2/c1-4-31-17-26(30)12-10-20-19(15-26)5-6-22-21(20)9-11-25(3)23(7-8-24(22)25)18(2)16-29-27-13-14-28-29/h13-14,18-24,30H,4-12,15-17H2,1-3H3/t18?,19-,20+,21-,22-,23-,24?,25-,26-/m1/s1. The Kier molecular flexibility index (Phi) is 5.96. The molecule has 5 nitrogen and oxygen atoms in total. The molecular formula is C26H43N3O2. The van der Waals surface area contributed by atoms with Crippen molar-refractivity contribution in [2.45, 2.75) is 90.7 Å². The molecule has 0 radical (unpaired) electrons. The van der Waals surface area contributed by atoms with Crippen molar-refractivity contribution in [3.63, 3.8) is 0 Å². The normalized spacial score (nSPS) is 45.5. The second-order valence-electron chi connectivity index (χ2n) is 11.8. The molecule has 1 aromatic heterocycles. The molecule has 0 aromatic carbocycles. The Bertz CT molecular complexity index is 739. The summed E-state index contributed by atoms with van der Waals surface area (Å²) in [7, 11) is 0. The Labute approximate surface area is 188 Å². The number of ether oxygens (including phenoxy) is 1. The monoisotopic (exact) mass is 429 g/mol. The highest BCUT2D eigenvalue weighted by molar-refractivity contribution is 5.07. The second kappa shape index (κ2) is 8.44. The van der Waals surface area contributed by atoms with Crippen LogP contribution in [0.5, 0.6) is 0 Å².